The maximum absolute atomic E-state index is 12.6. The summed E-state index contributed by atoms with van der Waals surface area (Å²) in [6, 6.07) is 7.06. The number of benzene rings is 1. The van der Waals surface area contributed by atoms with Gasteiger partial charge in [0.1, 0.15) is 12.0 Å². The zero-order valence-electron chi connectivity index (χ0n) is 12.5. The third-order valence-electron chi connectivity index (χ3n) is 3.32. The quantitative estimate of drug-likeness (QED) is 0.891. The van der Waals surface area contributed by atoms with Crippen LogP contribution in [0, 0.1) is 0 Å². The lowest BCUT2D eigenvalue weighted by Gasteiger charge is -2.26. The molecule has 22 heavy (non-hydrogen) atoms. The van der Waals surface area contributed by atoms with E-state index in [-0.39, 0.29) is 18.5 Å². The number of nitrogens with zero attached hydrogens (tertiary/aromatic N) is 1. The number of hydrogen-bond donors (Lipinski definition) is 1. The van der Waals surface area contributed by atoms with E-state index in [0.717, 1.165) is 5.56 Å². The van der Waals surface area contributed by atoms with Gasteiger partial charge in [-0.3, -0.25) is 4.79 Å². The van der Waals surface area contributed by atoms with E-state index in [1.807, 2.05) is 19.9 Å². The second kappa shape index (κ2) is 7.18. The van der Waals surface area contributed by atoms with E-state index in [9.17, 15) is 4.79 Å². The van der Waals surface area contributed by atoms with Gasteiger partial charge >= 0.3 is 0 Å². The molecule has 0 aliphatic heterocycles. The number of carbonyl (C=O) groups excluding carboxylic acids is 1. The summed E-state index contributed by atoms with van der Waals surface area (Å²) in [7, 11) is 0. The number of carbonyl (C=O) groups is 1. The Bertz CT molecular complexity index is 668. The molecule has 0 aliphatic rings. The van der Waals surface area contributed by atoms with Gasteiger partial charge in [0, 0.05) is 12.6 Å². The number of halogens is 2. The lowest BCUT2D eigenvalue weighted by atomic mass is 10.1. The third kappa shape index (κ3) is 3.83. The Balaban J connectivity index is 2.22. The van der Waals surface area contributed by atoms with Gasteiger partial charge < -0.3 is 15.1 Å². The minimum Gasteiger partial charge on any atom is -0.467 e. The van der Waals surface area contributed by atoms with Crippen LogP contribution < -0.4 is 5.73 Å². The first-order valence-electron chi connectivity index (χ1n) is 6.94. The molecule has 1 heterocycles. The van der Waals surface area contributed by atoms with Crippen LogP contribution in [0.25, 0.3) is 0 Å². The van der Waals surface area contributed by atoms with E-state index in [2.05, 4.69) is 0 Å². The molecule has 0 fully saturated rings. The molecule has 1 aromatic heterocycles. The molecule has 0 spiro atoms. The summed E-state index contributed by atoms with van der Waals surface area (Å²) in [5, 5.41) is 0.972. The fraction of sp³-hybridized carbons (Fsp3) is 0.312. The Hall–Kier alpha value is -1.49. The highest BCUT2D eigenvalue weighted by atomic mass is 35.5. The Morgan fingerprint density at radius 3 is 2.55 bits per heavy atom. The molecule has 4 nitrogen and oxygen atoms in total. The van der Waals surface area contributed by atoms with Gasteiger partial charge in [0.2, 0.25) is 0 Å². The van der Waals surface area contributed by atoms with Crippen molar-refractivity contribution in [3.8, 4) is 0 Å². The van der Waals surface area contributed by atoms with Crippen LogP contribution in [-0.2, 0) is 13.1 Å². The first-order valence-corrected chi connectivity index (χ1v) is 7.70. The van der Waals surface area contributed by atoms with Gasteiger partial charge in [0.05, 0.1) is 22.2 Å². The van der Waals surface area contributed by atoms with Crippen molar-refractivity contribution in [1.29, 1.82) is 0 Å². The standard InChI is InChI=1S/C16H18Cl2N2O2/c1-10(2)20(8-11-3-4-14(17)15(18)5-11)16(21)12-6-13(7-19)22-9-12/h3-6,9-10H,7-8,19H2,1-2H3. The number of amides is 1. The molecule has 0 radical (unpaired) electrons. The van der Waals surface area contributed by atoms with Crippen molar-refractivity contribution in [2.24, 2.45) is 5.73 Å². The van der Waals surface area contributed by atoms with Crippen molar-refractivity contribution >= 4 is 29.1 Å². The molecule has 0 saturated carbocycles. The van der Waals surface area contributed by atoms with E-state index in [4.69, 9.17) is 33.4 Å². The largest absolute Gasteiger partial charge is 0.467 e. The molecule has 6 heteroatoms. The fourth-order valence-electron chi connectivity index (χ4n) is 2.09. The van der Waals surface area contributed by atoms with Crippen molar-refractivity contribution < 1.29 is 9.21 Å². The van der Waals surface area contributed by atoms with Crippen LogP contribution in [0.1, 0.15) is 35.5 Å². The van der Waals surface area contributed by atoms with E-state index < -0.39 is 0 Å². The zero-order chi connectivity index (χ0) is 16.3. The van der Waals surface area contributed by atoms with Crippen molar-refractivity contribution in [1.82, 2.24) is 4.90 Å². The van der Waals surface area contributed by atoms with Crippen LogP contribution in [0.15, 0.2) is 34.9 Å². The van der Waals surface area contributed by atoms with Gasteiger partial charge in [-0.15, -0.1) is 0 Å². The highest BCUT2D eigenvalue weighted by Gasteiger charge is 2.21. The second-order valence-electron chi connectivity index (χ2n) is 5.28. The molecule has 0 bridgehead atoms. The second-order valence-corrected chi connectivity index (χ2v) is 6.10. The van der Waals surface area contributed by atoms with Gasteiger partial charge in [-0.2, -0.15) is 0 Å². The number of rotatable bonds is 5. The Kier molecular flexibility index (Phi) is 5.51. The molecular formula is C16H18Cl2N2O2. The summed E-state index contributed by atoms with van der Waals surface area (Å²) in [5.74, 6) is 0.478. The van der Waals surface area contributed by atoms with Crippen molar-refractivity contribution in [3.05, 3.63) is 57.5 Å². The zero-order valence-corrected chi connectivity index (χ0v) is 14.0. The number of furan rings is 1. The van der Waals surface area contributed by atoms with E-state index in [1.165, 1.54) is 6.26 Å². The van der Waals surface area contributed by atoms with Gasteiger partial charge in [0.25, 0.3) is 5.91 Å². The molecule has 1 amide bonds. The lowest BCUT2D eigenvalue weighted by Crippen LogP contribution is -2.36. The SMILES string of the molecule is CC(C)N(Cc1ccc(Cl)c(Cl)c1)C(=O)c1coc(CN)c1. The van der Waals surface area contributed by atoms with Gasteiger partial charge in [0.15, 0.2) is 0 Å². The molecule has 2 N–H and O–H groups in total. The van der Waals surface area contributed by atoms with Crippen LogP contribution in [0.2, 0.25) is 10.0 Å². The molecule has 0 saturated heterocycles. The Morgan fingerprint density at radius 1 is 1.27 bits per heavy atom. The van der Waals surface area contributed by atoms with Crippen molar-refractivity contribution in [3.63, 3.8) is 0 Å². The smallest absolute Gasteiger partial charge is 0.257 e. The highest BCUT2D eigenvalue weighted by Crippen LogP contribution is 2.24. The molecule has 118 valence electrons. The van der Waals surface area contributed by atoms with Crippen LogP contribution in [0.3, 0.4) is 0 Å². The molecule has 0 unspecified atom stereocenters. The average Bonchev–Trinajstić information content (AvgIpc) is 2.96. The van der Waals surface area contributed by atoms with Gasteiger partial charge in [-0.05, 0) is 37.6 Å². The first-order chi connectivity index (χ1) is 10.4. The van der Waals surface area contributed by atoms with E-state index in [0.29, 0.717) is 27.9 Å². The number of hydrogen-bond acceptors (Lipinski definition) is 3. The fourth-order valence-corrected chi connectivity index (χ4v) is 2.41. The van der Waals surface area contributed by atoms with E-state index >= 15 is 0 Å². The molecule has 0 atom stereocenters. The average molecular weight is 341 g/mol. The monoisotopic (exact) mass is 340 g/mol. The minimum atomic E-state index is -0.107. The van der Waals surface area contributed by atoms with Gasteiger partial charge in [-0.25, -0.2) is 0 Å². The summed E-state index contributed by atoms with van der Waals surface area (Å²) >= 11 is 12.0. The molecule has 1 aromatic carbocycles. The first kappa shape index (κ1) is 16.9. The van der Waals surface area contributed by atoms with Crippen molar-refractivity contribution in [2.45, 2.75) is 33.0 Å². The topological polar surface area (TPSA) is 59.5 Å². The van der Waals surface area contributed by atoms with Crippen LogP contribution in [0.4, 0.5) is 0 Å². The van der Waals surface area contributed by atoms with Crippen LogP contribution in [-0.4, -0.2) is 16.8 Å². The summed E-state index contributed by atoms with van der Waals surface area (Å²) in [6.45, 7) is 4.62. The highest BCUT2D eigenvalue weighted by molar-refractivity contribution is 6.42. The molecule has 2 rings (SSSR count). The maximum atomic E-state index is 12.6. The Morgan fingerprint density at radius 2 is 2.00 bits per heavy atom. The normalized spacial score (nSPS) is 11.0. The molecular weight excluding hydrogens is 323 g/mol. The maximum Gasteiger partial charge on any atom is 0.257 e. The van der Waals surface area contributed by atoms with E-state index in [1.54, 1.807) is 23.1 Å². The predicted octanol–water partition coefficient (Wildman–Crippen LogP) is 4.10. The number of nitrogens with two attached hydrogens (primary N) is 1. The summed E-state index contributed by atoms with van der Waals surface area (Å²) in [5.41, 5.74) is 6.92. The minimum absolute atomic E-state index is 0.0261. The lowest BCUT2D eigenvalue weighted by molar-refractivity contribution is 0.0689. The van der Waals surface area contributed by atoms with Crippen molar-refractivity contribution in [2.75, 3.05) is 0 Å². The van der Waals surface area contributed by atoms with Crippen LogP contribution >= 0.6 is 23.2 Å². The Labute approximate surface area is 139 Å². The van der Waals surface area contributed by atoms with Crippen LogP contribution in [0.5, 0.6) is 0 Å². The third-order valence-corrected chi connectivity index (χ3v) is 4.06. The van der Waals surface area contributed by atoms with Gasteiger partial charge in [-0.1, -0.05) is 29.3 Å². The summed E-state index contributed by atoms with van der Waals surface area (Å²) in [4.78, 5) is 14.4. The molecule has 2 aromatic rings. The summed E-state index contributed by atoms with van der Waals surface area (Å²) < 4.78 is 5.24. The molecule has 0 aliphatic carbocycles. The summed E-state index contributed by atoms with van der Waals surface area (Å²) in [6.07, 6.45) is 1.44. The predicted molar refractivity (Wildman–Crippen MR) is 88.1 cm³/mol.